The van der Waals surface area contributed by atoms with Gasteiger partial charge in [0.25, 0.3) is 0 Å². The fourth-order valence-corrected chi connectivity index (χ4v) is 2.72. The molecule has 88 valence electrons. The van der Waals surface area contributed by atoms with Gasteiger partial charge in [-0.1, -0.05) is 0 Å². The van der Waals surface area contributed by atoms with Crippen molar-refractivity contribution in [3.63, 3.8) is 0 Å². The summed E-state index contributed by atoms with van der Waals surface area (Å²) in [7, 11) is 2.17. The van der Waals surface area contributed by atoms with Gasteiger partial charge in [-0.2, -0.15) is 0 Å². The molecular weight excluding hydrogens is 212 g/mol. The zero-order chi connectivity index (χ0) is 10.7. The molecule has 2 unspecified atom stereocenters. The summed E-state index contributed by atoms with van der Waals surface area (Å²) in [6.07, 6.45) is 1.66. The number of hydrogen-bond donors (Lipinski definition) is 0. The van der Waals surface area contributed by atoms with Crippen LogP contribution in [-0.4, -0.2) is 68.2 Å². The van der Waals surface area contributed by atoms with E-state index in [9.17, 15) is 0 Å². The molecule has 3 nitrogen and oxygen atoms in total. The Morgan fingerprint density at radius 1 is 1.33 bits per heavy atom. The van der Waals surface area contributed by atoms with E-state index in [0.717, 1.165) is 38.7 Å². The maximum Gasteiger partial charge on any atom is 0.0829 e. The van der Waals surface area contributed by atoms with Gasteiger partial charge in [-0.05, 0) is 25.9 Å². The lowest BCUT2D eigenvalue weighted by molar-refractivity contribution is -0.0331. The molecule has 0 N–H and O–H groups in total. The number of rotatable bonds is 3. The fourth-order valence-electron chi connectivity index (χ4n) is 2.47. The van der Waals surface area contributed by atoms with Crippen LogP contribution in [-0.2, 0) is 4.74 Å². The summed E-state index contributed by atoms with van der Waals surface area (Å²) in [4.78, 5) is 4.85. The number of nitrogens with zero attached hydrogens (tertiary/aromatic N) is 2. The van der Waals surface area contributed by atoms with Crippen LogP contribution in [0.25, 0.3) is 0 Å². The van der Waals surface area contributed by atoms with Crippen LogP contribution in [0, 0.1) is 5.92 Å². The molecule has 0 saturated carbocycles. The number of hydrogen-bond acceptors (Lipinski definition) is 3. The normalized spacial score (nSPS) is 34.8. The predicted octanol–water partition coefficient (Wildman–Crippen LogP) is 0.878. The predicted molar refractivity (Wildman–Crippen MR) is 62.5 cm³/mol. The first-order valence-electron chi connectivity index (χ1n) is 5.86. The number of halogens is 1. The van der Waals surface area contributed by atoms with Gasteiger partial charge in [0.1, 0.15) is 0 Å². The summed E-state index contributed by atoms with van der Waals surface area (Å²) in [6.45, 7) is 6.46. The van der Waals surface area contributed by atoms with E-state index in [1.807, 2.05) is 0 Å². The van der Waals surface area contributed by atoms with Crippen LogP contribution in [0.15, 0.2) is 0 Å². The van der Waals surface area contributed by atoms with Gasteiger partial charge in [-0.3, -0.25) is 0 Å². The second-order valence-corrected chi connectivity index (χ2v) is 5.13. The van der Waals surface area contributed by atoms with E-state index in [1.165, 1.54) is 13.0 Å². The smallest absolute Gasteiger partial charge is 0.0829 e. The van der Waals surface area contributed by atoms with Crippen LogP contribution >= 0.6 is 11.6 Å². The molecule has 0 aromatic carbocycles. The Hall–Kier alpha value is 0.170. The largest absolute Gasteiger partial charge is 0.374 e. The molecule has 15 heavy (non-hydrogen) atoms. The van der Waals surface area contributed by atoms with Crippen LogP contribution in [0.1, 0.15) is 6.42 Å². The van der Waals surface area contributed by atoms with Crippen LogP contribution in [0.5, 0.6) is 0 Å². The number of ether oxygens (including phenoxy) is 1. The van der Waals surface area contributed by atoms with Crippen LogP contribution in [0.3, 0.4) is 0 Å². The number of morpholine rings is 1. The van der Waals surface area contributed by atoms with Gasteiger partial charge in [-0.15, -0.1) is 11.6 Å². The Labute approximate surface area is 97.3 Å². The number of alkyl halides is 1. The van der Waals surface area contributed by atoms with E-state index >= 15 is 0 Å². The lowest BCUT2D eigenvalue weighted by Crippen LogP contribution is -2.45. The molecule has 0 aromatic rings. The summed E-state index contributed by atoms with van der Waals surface area (Å²) >= 11 is 5.87. The molecule has 2 rings (SSSR count). The van der Waals surface area contributed by atoms with E-state index in [-0.39, 0.29) is 0 Å². The van der Waals surface area contributed by atoms with Crippen molar-refractivity contribution in [2.24, 2.45) is 5.92 Å². The Bertz CT molecular complexity index is 203. The highest BCUT2D eigenvalue weighted by atomic mass is 35.5. The van der Waals surface area contributed by atoms with Gasteiger partial charge in [0.2, 0.25) is 0 Å². The highest BCUT2D eigenvalue weighted by Gasteiger charge is 2.26. The summed E-state index contributed by atoms with van der Waals surface area (Å²) in [5.41, 5.74) is 0. The third kappa shape index (κ3) is 3.31. The van der Waals surface area contributed by atoms with E-state index in [0.29, 0.717) is 12.0 Å². The minimum absolute atomic E-state index is 0.401. The monoisotopic (exact) mass is 232 g/mol. The first-order chi connectivity index (χ1) is 7.28. The molecular formula is C11H21ClN2O. The van der Waals surface area contributed by atoms with Crippen molar-refractivity contribution in [3.8, 4) is 0 Å². The molecule has 2 aliphatic rings. The third-order valence-electron chi connectivity index (χ3n) is 3.39. The zero-order valence-corrected chi connectivity index (χ0v) is 10.2. The Balaban J connectivity index is 1.72. The molecule has 2 heterocycles. The Morgan fingerprint density at radius 2 is 2.20 bits per heavy atom. The van der Waals surface area contributed by atoms with Gasteiger partial charge in [0.05, 0.1) is 12.7 Å². The first-order valence-corrected chi connectivity index (χ1v) is 6.40. The molecule has 0 bridgehead atoms. The van der Waals surface area contributed by atoms with Crippen molar-refractivity contribution in [3.05, 3.63) is 0 Å². The van der Waals surface area contributed by atoms with E-state index in [2.05, 4.69) is 16.8 Å². The molecule has 0 aromatic heterocycles. The SMILES string of the molecule is CN1CCOC(CN2CCC(CCl)C2)C1. The maximum absolute atomic E-state index is 5.87. The molecule has 0 spiro atoms. The van der Waals surface area contributed by atoms with Crippen molar-refractivity contribution >= 4 is 11.6 Å². The van der Waals surface area contributed by atoms with Crippen molar-refractivity contribution in [2.75, 3.05) is 52.3 Å². The lowest BCUT2D eigenvalue weighted by atomic mass is 10.2. The zero-order valence-electron chi connectivity index (χ0n) is 9.49. The third-order valence-corrected chi connectivity index (χ3v) is 3.83. The van der Waals surface area contributed by atoms with Gasteiger partial charge in [0, 0.05) is 32.1 Å². The quantitative estimate of drug-likeness (QED) is 0.672. The minimum Gasteiger partial charge on any atom is -0.374 e. The van der Waals surface area contributed by atoms with E-state index < -0.39 is 0 Å². The molecule has 0 radical (unpaired) electrons. The molecule has 2 aliphatic heterocycles. The molecule has 0 aliphatic carbocycles. The summed E-state index contributed by atoms with van der Waals surface area (Å²) < 4.78 is 5.76. The second-order valence-electron chi connectivity index (χ2n) is 4.82. The average Bonchev–Trinajstić information content (AvgIpc) is 2.65. The van der Waals surface area contributed by atoms with Crippen molar-refractivity contribution in [1.29, 1.82) is 0 Å². The summed E-state index contributed by atoms with van der Waals surface area (Å²) in [6, 6.07) is 0. The van der Waals surface area contributed by atoms with Crippen LogP contribution in [0.2, 0.25) is 0 Å². The maximum atomic E-state index is 5.87. The summed E-state index contributed by atoms with van der Waals surface area (Å²) in [5.74, 6) is 1.51. The van der Waals surface area contributed by atoms with Gasteiger partial charge in [0.15, 0.2) is 0 Å². The topological polar surface area (TPSA) is 15.7 Å². The van der Waals surface area contributed by atoms with Gasteiger partial charge in [-0.25, -0.2) is 0 Å². The highest BCUT2D eigenvalue weighted by Crippen LogP contribution is 2.18. The first kappa shape index (κ1) is 11.6. The van der Waals surface area contributed by atoms with Crippen molar-refractivity contribution < 1.29 is 4.74 Å². The van der Waals surface area contributed by atoms with E-state index in [4.69, 9.17) is 16.3 Å². The van der Waals surface area contributed by atoms with Crippen molar-refractivity contribution in [2.45, 2.75) is 12.5 Å². The Kier molecular flexibility index (Phi) is 4.26. The highest BCUT2D eigenvalue weighted by molar-refractivity contribution is 6.18. The Morgan fingerprint density at radius 3 is 2.87 bits per heavy atom. The second kappa shape index (κ2) is 5.48. The molecule has 2 saturated heterocycles. The summed E-state index contributed by atoms with van der Waals surface area (Å²) in [5, 5.41) is 0. The van der Waals surface area contributed by atoms with Gasteiger partial charge < -0.3 is 14.5 Å². The molecule has 4 heteroatoms. The molecule has 2 atom stereocenters. The standard InChI is InChI=1S/C11H21ClN2O/c1-13-4-5-15-11(8-13)9-14-3-2-10(6-12)7-14/h10-11H,2-9H2,1H3. The minimum atomic E-state index is 0.401. The molecule has 2 fully saturated rings. The number of likely N-dealkylation sites (N-methyl/N-ethyl adjacent to an activating group) is 1. The average molecular weight is 233 g/mol. The fraction of sp³-hybridized carbons (Fsp3) is 1.00. The number of likely N-dealkylation sites (tertiary alicyclic amines) is 1. The van der Waals surface area contributed by atoms with E-state index in [1.54, 1.807) is 0 Å². The van der Waals surface area contributed by atoms with Crippen LogP contribution in [0.4, 0.5) is 0 Å². The van der Waals surface area contributed by atoms with Crippen molar-refractivity contribution in [1.82, 2.24) is 9.80 Å². The lowest BCUT2D eigenvalue weighted by Gasteiger charge is -2.32. The van der Waals surface area contributed by atoms with Gasteiger partial charge >= 0.3 is 0 Å². The molecule has 0 amide bonds. The van der Waals surface area contributed by atoms with Crippen LogP contribution < -0.4 is 0 Å².